The number of carbonyl (C=O) groups is 4. The van der Waals surface area contributed by atoms with Crippen molar-refractivity contribution in [1.82, 2.24) is 10.6 Å². The maximum absolute atomic E-state index is 13.5. The van der Waals surface area contributed by atoms with Gasteiger partial charge >= 0.3 is 18.1 Å². The van der Waals surface area contributed by atoms with Crippen molar-refractivity contribution in [2.24, 2.45) is 0 Å². The number of amides is 2. The Morgan fingerprint density at radius 3 is 2.45 bits per heavy atom. The van der Waals surface area contributed by atoms with Crippen LogP contribution in [-0.4, -0.2) is 96.1 Å². The smallest absolute Gasteiger partial charge is 0.422 e. The average molecular weight is 689 g/mol. The second-order valence-corrected chi connectivity index (χ2v) is 11.9. The van der Waals surface area contributed by atoms with Crippen LogP contribution in [0, 0.1) is 0 Å². The third kappa shape index (κ3) is 8.92. The summed E-state index contributed by atoms with van der Waals surface area (Å²) < 4.78 is 60.0. The highest BCUT2D eigenvalue weighted by Crippen LogP contribution is 2.45. The van der Waals surface area contributed by atoms with Gasteiger partial charge in [0.05, 0.1) is 18.3 Å². The summed E-state index contributed by atoms with van der Waals surface area (Å²) in [4.78, 5) is 51.2. The maximum atomic E-state index is 13.5. The minimum Gasteiger partial charge on any atom is -0.456 e. The zero-order valence-corrected chi connectivity index (χ0v) is 26.3. The second-order valence-electron chi connectivity index (χ2n) is 11.9. The number of halogens is 3. The van der Waals surface area contributed by atoms with Crippen LogP contribution in [0.3, 0.4) is 0 Å². The van der Waals surface area contributed by atoms with Gasteiger partial charge in [-0.05, 0) is 47.9 Å². The Kier molecular flexibility index (Phi) is 10.9. The molecule has 0 radical (unpaired) electrons. The first-order valence-electron chi connectivity index (χ1n) is 15.5. The van der Waals surface area contributed by atoms with Gasteiger partial charge in [-0.3, -0.25) is 9.59 Å². The highest BCUT2D eigenvalue weighted by Gasteiger charge is 2.55. The number of hydrogen-bond acceptors (Lipinski definition) is 10. The fraction of sp³-hybridized carbons (Fsp3) is 0.412. The molecule has 2 amide bonds. The predicted molar refractivity (Wildman–Crippen MR) is 164 cm³/mol. The number of ether oxygens (including phenoxy) is 4. The minimum absolute atomic E-state index is 0.0412. The molecule has 0 aromatic heterocycles. The second kappa shape index (κ2) is 14.9. The van der Waals surface area contributed by atoms with Crippen LogP contribution < -0.4 is 10.6 Å². The highest BCUT2D eigenvalue weighted by atomic mass is 19.4. The van der Waals surface area contributed by atoms with E-state index in [4.69, 9.17) is 19.3 Å². The fourth-order valence-corrected chi connectivity index (χ4v) is 5.93. The Hall–Kier alpha value is -4.57. The molecule has 262 valence electrons. The lowest BCUT2D eigenvalue weighted by atomic mass is 9.91. The van der Waals surface area contributed by atoms with E-state index >= 15 is 0 Å². The van der Waals surface area contributed by atoms with E-state index in [1.54, 1.807) is 6.08 Å². The van der Waals surface area contributed by atoms with Crippen molar-refractivity contribution in [3.63, 3.8) is 0 Å². The van der Waals surface area contributed by atoms with Gasteiger partial charge in [0.2, 0.25) is 11.8 Å². The molecule has 15 heteroatoms. The molecule has 0 bridgehead atoms. The van der Waals surface area contributed by atoms with Gasteiger partial charge in [-0.25, -0.2) is 9.59 Å². The molecule has 0 unspecified atom stereocenters. The summed E-state index contributed by atoms with van der Waals surface area (Å²) in [6.07, 6.45) is -4.42. The molecule has 2 aromatic rings. The molecule has 1 aliphatic heterocycles. The van der Waals surface area contributed by atoms with Crippen LogP contribution in [-0.2, 0) is 46.2 Å². The van der Waals surface area contributed by atoms with Crippen molar-refractivity contribution in [3.05, 3.63) is 88.5 Å². The van der Waals surface area contributed by atoms with E-state index in [0.29, 0.717) is 18.4 Å². The maximum Gasteiger partial charge on any atom is 0.422 e. The van der Waals surface area contributed by atoms with Crippen molar-refractivity contribution in [2.75, 3.05) is 19.8 Å². The molecule has 1 heterocycles. The summed E-state index contributed by atoms with van der Waals surface area (Å²) in [6.45, 7) is -0.846. The van der Waals surface area contributed by atoms with Crippen LogP contribution in [0.15, 0.2) is 66.3 Å². The largest absolute Gasteiger partial charge is 0.456 e. The molecule has 1 fully saturated rings. The fourth-order valence-electron chi connectivity index (χ4n) is 5.93. The van der Waals surface area contributed by atoms with Gasteiger partial charge in [0.25, 0.3) is 0 Å². The van der Waals surface area contributed by atoms with E-state index in [0.717, 1.165) is 17.2 Å². The molecule has 4 N–H and O–H groups in total. The normalized spacial score (nSPS) is 22.1. The van der Waals surface area contributed by atoms with Gasteiger partial charge in [-0.15, -0.1) is 0 Å². The number of esters is 2. The predicted octanol–water partition coefficient (Wildman–Crippen LogP) is 1.91. The van der Waals surface area contributed by atoms with E-state index in [1.807, 2.05) is 24.3 Å². The van der Waals surface area contributed by atoms with Gasteiger partial charge in [-0.2, -0.15) is 13.2 Å². The van der Waals surface area contributed by atoms with Crippen LogP contribution in [0.25, 0.3) is 6.08 Å². The van der Waals surface area contributed by atoms with Gasteiger partial charge in [0, 0.05) is 37.5 Å². The number of rotatable bonds is 11. The topological polar surface area (TPSA) is 170 Å². The third-order valence-corrected chi connectivity index (χ3v) is 8.14. The highest BCUT2D eigenvalue weighted by molar-refractivity contribution is 5.98. The van der Waals surface area contributed by atoms with Crippen LogP contribution in [0.1, 0.15) is 40.4 Å². The number of alkyl halides is 3. The number of carbonyl (C=O) groups excluding carboxylic acids is 4. The van der Waals surface area contributed by atoms with Gasteiger partial charge < -0.3 is 39.8 Å². The number of benzene rings is 2. The lowest BCUT2D eigenvalue weighted by molar-refractivity contribution is -0.182. The third-order valence-electron chi connectivity index (χ3n) is 8.14. The molecule has 1 saturated heterocycles. The van der Waals surface area contributed by atoms with Crippen molar-refractivity contribution in [2.45, 2.75) is 68.6 Å². The van der Waals surface area contributed by atoms with E-state index in [9.17, 15) is 37.5 Å². The Bertz CT molecular complexity index is 1610. The van der Waals surface area contributed by atoms with Crippen LogP contribution in [0.2, 0.25) is 0 Å². The number of aliphatic hydroxyl groups is 2. The summed E-state index contributed by atoms with van der Waals surface area (Å²) >= 11 is 0. The Morgan fingerprint density at radius 2 is 1.80 bits per heavy atom. The summed E-state index contributed by atoms with van der Waals surface area (Å²) in [6, 6.07) is 12.2. The zero-order chi connectivity index (χ0) is 35.3. The molecule has 1 spiro atoms. The minimum atomic E-state index is -4.68. The van der Waals surface area contributed by atoms with E-state index in [-0.39, 0.29) is 30.7 Å². The van der Waals surface area contributed by atoms with E-state index in [1.165, 1.54) is 37.3 Å². The summed E-state index contributed by atoms with van der Waals surface area (Å²) in [5.74, 6) is -4.54. The first-order chi connectivity index (χ1) is 23.3. The molecule has 12 nitrogen and oxygen atoms in total. The number of aliphatic hydroxyl groups excluding tert-OH is 2. The first-order valence-corrected chi connectivity index (χ1v) is 15.5. The monoisotopic (exact) mass is 688 g/mol. The Labute approximate surface area is 278 Å². The molecular weight excluding hydrogens is 653 g/mol. The quantitative estimate of drug-likeness (QED) is 0.202. The average Bonchev–Trinajstić information content (AvgIpc) is 3.61. The molecule has 5 rings (SSSR count). The molecular formula is C34H35F3N2O10. The SMILES string of the molecule is C[C@H](O)[C@@H](NC(=O)C1=C[C@H]2OC3(Cc4ccccc4C3)O[C@H]2[C@H](OC(=O)c2cccc(C=CC(=O)OCC(F)(F)F)c2)C1)C(=O)NCCO. The lowest BCUT2D eigenvalue weighted by Crippen LogP contribution is -2.54. The lowest BCUT2D eigenvalue weighted by Gasteiger charge is -2.31. The van der Waals surface area contributed by atoms with E-state index < -0.39 is 72.8 Å². The molecule has 3 aliphatic rings. The molecule has 2 aliphatic carbocycles. The molecule has 2 aromatic carbocycles. The van der Waals surface area contributed by atoms with Gasteiger partial charge in [-0.1, -0.05) is 36.4 Å². The van der Waals surface area contributed by atoms with Crippen molar-refractivity contribution in [1.29, 1.82) is 0 Å². The van der Waals surface area contributed by atoms with Crippen molar-refractivity contribution in [3.8, 4) is 0 Å². The molecule has 5 atom stereocenters. The zero-order valence-electron chi connectivity index (χ0n) is 26.3. The van der Waals surface area contributed by atoms with E-state index in [2.05, 4.69) is 15.4 Å². The van der Waals surface area contributed by atoms with Gasteiger partial charge in [0.1, 0.15) is 24.4 Å². The molecule has 49 heavy (non-hydrogen) atoms. The standard InChI is InChI=1S/C34H35F3N2O10/c1-19(41)28(31(44)38-11-12-40)39-30(43)24-14-25(29-26(15-24)48-33(49-29)16-22-6-2-3-7-23(22)17-33)47-32(45)21-8-4-5-20(13-21)9-10-27(42)46-18-34(35,36)37/h2-10,13,15,19,25-26,28-29,40-41H,11-12,14,16-18H2,1H3,(H,38,44)(H,39,43)/t19-,25+,26+,28+,29-/m0/s1. The van der Waals surface area contributed by atoms with Crippen molar-refractivity contribution < 1.29 is 61.5 Å². The first kappa shape index (κ1) is 35.7. The number of hydrogen-bond donors (Lipinski definition) is 4. The molecule has 0 saturated carbocycles. The Balaban J connectivity index is 1.34. The van der Waals surface area contributed by atoms with Gasteiger partial charge in [0.15, 0.2) is 12.4 Å². The number of fused-ring (bicyclic) bond motifs is 2. The Morgan fingerprint density at radius 1 is 1.08 bits per heavy atom. The summed E-state index contributed by atoms with van der Waals surface area (Å²) in [5.41, 5.74) is 2.51. The summed E-state index contributed by atoms with van der Waals surface area (Å²) in [5, 5.41) is 24.2. The van der Waals surface area contributed by atoms with Crippen molar-refractivity contribution >= 4 is 29.8 Å². The van der Waals surface area contributed by atoms with Crippen LogP contribution in [0.4, 0.5) is 13.2 Å². The summed E-state index contributed by atoms with van der Waals surface area (Å²) in [7, 11) is 0. The number of nitrogens with one attached hydrogen (secondary N) is 2. The van der Waals surface area contributed by atoms with Crippen LogP contribution in [0.5, 0.6) is 0 Å². The van der Waals surface area contributed by atoms with Crippen LogP contribution >= 0.6 is 0 Å².